The lowest BCUT2D eigenvalue weighted by Crippen LogP contribution is -2.18. The third kappa shape index (κ3) is 4.40. The van der Waals surface area contributed by atoms with Crippen LogP contribution in [0.15, 0.2) is 74.9 Å². The summed E-state index contributed by atoms with van der Waals surface area (Å²) in [6, 6.07) is 14.5. The maximum atomic E-state index is 12.7. The normalized spacial score (nSPS) is 15.1. The molecule has 0 saturated heterocycles. The minimum absolute atomic E-state index is 0.0493. The second-order valence-electron chi connectivity index (χ2n) is 5.74. The molecule has 8 heteroatoms. The summed E-state index contributed by atoms with van der Waals surface area (Å²) in [5.41, 5.74) is 0.941. The lowest BCUT2D eigenvalue weighted by Gasteiger charge is -2.17. The second-order valence-corrected chi connectivity index (χ2v) is 8.36. The number of fused-ring (bicyclic) bond motifs is 1. The molecule has 2 aromatic rings. The Balaban J connectivity index is 2.02. The molecular formula is C20H17NO5S2. The van der Waals surface area contributed by atoms with Crippen molar-refractivity contribution < 1.29 is 22.7 Å². The molecule has 0 unspecified atom stereocenters. The Morgan fingerprint density at radius 3 is 2.36 bits per heavy atom. The van der Waals surface area contributed by atoms with Crippen LogP contribution in [0.2, 0.25) is 0 Å². The Morgan fingerprint density at radius 1 is 1.04 bits per heavy atom. The minimum atomic E-state index is -3.95. The van der Waals surface area contributed by atoms with Crippen molar-refractivity contribution in [2.75, 3.05) is 12.4 Å². The van der Waals surface area contributed by atoms with E-state index in [1.54, 1.807) is 49.4 Å². The molecule has 1 aliphatic carbocycles. The van der Waals surface area contributed by atoms with E-state index in [0.29, 0.717) is 11.1 Å². The van der Waals surface area contributed by atoms with Gasteiger partial charge in [-0.15, -0.1) is 11.8 Å². The molecule has 0 atom stereocenters. The number of carbonyl (C=O) groups excluding carboxylic acids is 2. The van der Waals surface area contributed by atoms with E-state index in [4.69, 9.17) is 4.74 Å². The number of sulfonamides is 1. The Labute approximate surface area is 167 Å². The van der Waals surface area contributed by atoms with Crippen molar-refractivity contribution in [3.8, 4) is 0 Å². The fraction of sp³-hybridized carbons (Fsp3) is 0.150. The van der Waals surface area contributed by atoms with Crippen LogP contribution in [0.1, 0.15) is 22.8 Å². The van der Waals surface area contributed by atoms with Crippen LogP contribution in [0.25, 0.3) is 0 Å². The first-order chi connectivity index (χ1) is 13.4. The molecule has 144 valence electrons. The number of allylic oxidation sites excluding steroid dienone is 2. The van der Waals surface area contributed by atoms with Crippen molar-refractivity contribution in [2.45, 2.75) is 11.8 Å². The van der Waals surface area contributed by atoms with Gasteiger partial charge in [0.2, 0.25) is 0 Å². The van der Waals surface area contributed by atoms with Gasteiger partial charge in [-0.05, 0) is 25.1 Å². The van der Waals surface area contributed by atoms with Crippen LogP contribution in [0, 0.1) is 0 Å². The molecule has 3 rings (SSSR count). The highest BCUT2D eigenvalue weighted by Crippen LogP contribution is 2.29. The van der Waals surface area contributed by atoms with Crippen LogP contribution in [0.4, 0.5) is 0 Å². The first kappa shape index (κ1) is 20.0. The molecule has 1 aliphatic rings. The van der Waals surface area contributed by atoms with Crippen molar-refractivity contribution in [1.29, 1.82) is 0 Å². The number of Topliss-reactive ketones (excluding diaryl/α,β-unsaturated/α-hetero) is 1. The molecule has 0 fully saturated rings. The molecule has 0 bridgehead atoms. The van der Waals surface area contributed by atoms with E-state index in [-0.39, 0.29) is 33.7 Å². The number of ether oxygens (including phenoxy) is 1. The van der Waals surface area contributed by atoms with Crippen molar-refractivity contribution in [3.63, 3.8) is 0 Å². The largest absolute Gasteiger partial charge is 0.465 e. The Morgan fingerprint density at radius 2 is 1.68 bits per heavy atom. The van der Waals surface area contributed by atoms with Crippen molar-refractivity contribution in [3.05, 3.63) is 76.7 Å². The van der Waals surface area contributed by atoms with E-state index in [1.165, 1.54) is 18.2 Å². The number of esters is 1. The van der Waals surface area contributed by atoms with E-state index in [2.05, 4.69) is 4.40 Å². The van der Waals surface area contributed by atoms with Crippen LogP contribution in [0.5, 0.6) is 0 Å². The average Bonchev–Trinajstić information content (AvgIpc) is 2.70. The smallest absolute Gasteiger partial charge is 0.316 e. The molecule has 2 aromatic carbocycles. The van der Waals surface area contributed by atoms with Crippen LogP contribution < -0.4 is 0 Å². The van der Waals surface area contributed by atoms with Gasteiger partial charge in [-0.25, -0.2) is 0 Å². The zero-order valence-electron chi connectivity index (χ0n) is 15.0. The van der Waals surface area contributed by atoms with Gasteiger partial charge in [0.25, 0.3) is 10.0 Å². The van der Waals surface area contributed by atoms with Gasteiger partial charge in [0.1, 0.15) is 0 Å². The number of hydrogen-bond donors (Lipinski definition) is 0. The molecule has 0 N–H and O–H groups in total. The van der Waals surface area contributed by atoms with Crippen LogP contribution in [0.3, 0.4) is 0 Å². The highest BCUT2D eigenvalue weighted by molar-refractivity contribution is 8.04. The fourth-order valence-electron chi connectivity index (χ4n) is 2.60. The molecule has 0 amide bonds. The third-order valence-corrected chi connectivity index (χ3v) is 6.15. The lowest BCUT2D eigenvalue weighted by atomic mass is 9.94. The van der Waals surface area contributed by atoms with E-state index >= 15 is 0 Å². The van der Waals surface area contributed by atoms with Crippen molar-refractivity contribution >= 4 is 39.2 Å². The number of rotatable bonds is 6. The molecule has 0 aliphatic heterocycles. The van der Waals surface area contributed by atoms with E-state index in [0.717, 1.165) is 11.8 Å². The summed E-state index contributed by atoms with van der Waals surface area (Å²) < 4.78 is 34.2. The van der Waals surface area contributed by atoms with E-state index < -0.39 is 16.0 Å². The minimum Gasteiger partial charge on any atom is -0.465 e. The van der Waals surface area contributed by atoms with Gasteiger partial charge >= 0.3 is 5.97 Å². The Hall–Kier alpha value is -2.71. The second kappa shape index (κ2) is 8.53. The third-order valence-electron chi connectivity index (χ3n) is 3.85. The Kier molecular flexibility index (Phi) is 6.11. The SMILES string of the molecule is CCOC(=O)CSC1=CC(=NS(=O)(=O)c2ccccc2)c2ccccc2C1=O. The van der Waals surface area contributed by atoms with Gasteiger partial charge < -0.3 is 4.74 Å². The molecule has 0 saturated carbocycles. The van der Waals surface area contributed by atoms with Crippen molar-refractivity contribution in [2.24, 2.45) is 4.40 Å². The first-order valence-corrected chi connectivity index (χ1v) is 10.9. The quantitative estimate of drug-likeness (QED) is 0.673. The molecule has 28 heavy (non-hydrogen) atoms. The predicted octanol–water partition coefficient (Wildman–Crippen LogP) is 3.24. The summed E-state index contributed by atoms with van der Waals surface area (Å²) in [4.78, 5) is 24.7. The number of hydrogen-bond acceptors (Lipinski definition) is 6. The lowest BCUT2D eigenvalue weighted by molar-refractivity contribution is -0.139. The molecular weight excluding hydrogens is 398 g/mol. The summed E-state index contributed by atoms with van der Waals surface area (Å²) in [7, 11) is -3.95. The van der Waals surface area contributed by atoms with Crippen LogP contribution in [-0.2, 0) is 19.6 Å². The summed E-state index contributed by atoms with van der Waals surface area (Å²) in [6.45, 7) is 1.94. The summed E-state index contributed by atoms with van der Waals surface area (Å²) in [5, 5.41) is 0. The molecule has 0 spiro atoms. The van der Waals surface area contributed by atoms with Gasteiger partial charge in [-0.2, -0.15) is 12.8 Å². The maximum Gasteiger partial charge on any atom is 0.316 e. The van der Waals surface area contributed by atoms with E-state index in [9.17, 15) is 18.0 Å². The maximum absolute atomic E-state index is 12.7. The number of carbonyl (C=O) groups is 2. The van der Waals surface area contributed by atoms with Crippen LogP contribution in [-0.4, -0.2) is 38.2 Å². The summed E-state index contributed by atoms with van der Waals surface area (Å²) >= 11 is 1.00. The summed E-state index contributed by atoms with van der Waals surface area (Å²) in [6.07, 6.45) is 1.41. The van der Waals surface area contributed by atoms with Gasteiger partial charge in [0.15, 0.2) is 5.78 Å². The Bertz CT molecular complexity index is 1070. The molecule has 0 aromatic heterocycles. The van der Waals surface area contributed by atoms with Gasteiger partial charge in [-0.1, -0.05) is 42.5 Å². The van der Waals surface area contributed by atoms with Gasteiger partial charge in [0.05, 0.1) is 27.9 Å². The zero-order valence-corrected chi connectivity index (χ0v) is 16.6. The first-order valence-electron chi connectivity index (χ1n) is 8.46. The zero-order chi connectivity index (χ0) is 20.1. The van der Waals surface area contributed by atoms with Crippen molar-refractivity contribution in [1.82, 2.24) is 0 Å². The topological polar surface area (TPSA) is 89.9 Å². The number of thioether (sulfide) groups is 1. The molecule has 0 radical (unpaired) electrons. The summed E-state index contributed by atoms with van der Waals surface area (Å²) in [5.74, 6) is -0.775. The number of ketones is 1. The standard InChI is InChI=1S/C20H17NO5S2/c1-2-26-19(22)13-27-18-12-17(15-10-6-7-11-16(15)20(18)23)21-28(24,25)14-8-4-3-5-9-14/h3-12H,2,13H2,1H3. The van der Waals surface area contributed by atoms with Gasteiger partial charge in [0, 0.05) is 11.1 Å². The number of benzene rings is 2. The van der Waals surface area contributed by atoms with Gasteiger partial charge in [-0.3, -0.25) is 9.59 Å². The molecule has 6 nitrogen and oxygen atoms in total. The predicted molar refractivity (Wildman–Crippen MR) is 108 cm³/mol. The van der Waals surface area contributed by atoms with E-state index in [1.807, 2.05) is 0 Å². The number of nitrogens with zero attached hydrogens (tertiary/aromatic N) is 1. The molecule has 0 heterocycles. The highest BCUT2D eigenvalue weighted by atomic mass is 32.2. The van der Waals surface area contributed by atoms with Crippen LogP contribution >= 0.6 is 11.8 Å². The average molecular weight is 415 g/mol. The highest BCUT2D eigenvalue weighted by Gasteiger charge is 2.26. The fourth-order valence-corrected chi connectivity index (χ4v) is 4.41. The monoisotopic (exact) mass is 415 g/mol.